The average molecular weight is 435 g/mol. The normalized spacial score (nSPS) is 11.0. The minimum absolute atomic E-state index is 0.0271. The van der Waals surface area contributed by atoms with E-state index in [-0.39, 0.29) is 11.7 Å². The molecule has 8 heteroatoms. The van der Waals surface area contributed by atoms with Crippen molar-refractivity contribution in [3.63, 3.8) is 0 Å². The van der Waals surface area contributed by atoms with Crippen molar-refractivity contribution in [1.29, 1.82) is 5.26 Å². The summed E-state index contributed by atoms with van der Waals surface area (Å²) < 4.78 is 16.0. The summed E-state index contributed by atoms with van der Waals surface area (Å²) in [5.41, 5.74) is 0.784. The van der Waals surface area contributed by atoms with E-state index in [1.54, 1.807) is 18.2 Å². The van der Waals surface area contributed by atoms with Crippen molar-refractivity contribution in [2.75, 3.05) is 19.5 Å². The molecular weight excluding hydrogens is 415 g/mol. The van der Waals surface area contributed by atoms with E-state index in [1.165, 1.54) is 32.4 Å². The van der Waals surface area contributed by atoms with Crippen molar-refractivity contribution in [1.82, 2.24) is 0 Å². The summed E-state index contributed by atoms with van der Waals surface area (Å²) in [5, 5.41) is 12.8. The molecule has 2 aromatic rings. The fraction of sp³-hybridized carbons (Fsp3) is 0.238. The highest BCUT2D eigenvalue weighted by Gasteiger charge is 2.16. The van der Waals surface area contributed by atoms with Crippen LogP contribution in [0.25, 0.3) is 6.08 Å². The summed E-state index contributed by atoms with van der Waals surface area (Å²) in [5.74, 6) is 0.603. The largest absolute Gasteiger partial charge is 0.495 e. The van der Waals surface area contributed by atoms with Gasteiger partial charge in [-0.3, -0.25) is 4.79 Å². The van der Waals surface area contributed by atoms with Gasteiger partial charge < -0.3 is 19.5 Å². The van der Waals surface area contributed by atoms with Gasteiger partial charge in [-0.25, -0.2) is 0 Å². The van der Waals surface area contributed by atoms with Gasteiger partial charge in [0.1, 0.15) is 28.9 Å². The van der Waals surface area contributed by atoms with Crippen LogP contribution in [0.4, 0.5) is 5.69 Å². The second-order valence-electron chi connectivity index (χ2n) is 6.17. The maximum atomic E-state index is 12.6. The van der Waals surface area contributed by atoms with Crippen LogP contribution >= 0.6 is 23.2 Å². The van der Waals surface area contributed by atoms with Gasteiger partial charge in [-0.2, -0.15) is 5.26 Å². The summed E-state index contributed by atoms with van der Waals surface area (Å²) in [6.45, 7) is 3.78. The van der Waals surface area contributed by atoms with Crippen molar-refractivity contribution in [2.24, 2.45) is 0 Å². The zero-order valence-corrected chi connectivity index (χ0v) is 17.9. The molecule has 0 bridgehead atoms. The molecule has 0 aromatic heterocycles. The predicted molar refractivity (Wildman–Crippen MR) is 114 cm³/mol. The van der Waals surface area contributed by atoms with Crippen LogP contribution in [-0.4, -0.2) is 26.2 Å². The summed E-state index contributed by atoms with van der Waals surface area (Å²) in [7, 11) is 2.90. The minimum Gasteiger partial charge on any atom is -0.495 e. The number of benzene rings is 2. The van der Waals surface area contributed by atoms with Crippen LogP contribution in [0, 0.1) is 11.3 Å². The lowest BCUT2D eigenvalue weighted by atomic mass is 10.1. The van der Waals surface area contributed by atoms with Gasteiger partial charge in [0.25, 0.3) is 5.91 Å². The Morgan fingerprint density at radius 1 is 1.07 bits per heavy atom. The summed E-state index contributed by atoms with van der Waals surface area (Å²) in [6.07, 6.45) is 1.40. The Kier molecular flexibility index (Phi) is 7.77. The van der Waals surface area contributed by atoms with Crippen molar-refractivity contribution in [2.45, 2.75) is 20.0 Å². The lowest BCUT2D eigenvalue weighted by Crippen LogP contribution is -2.14. The number of ether oxygens (including phenoxy) is 3. The molecule has 152 valence electrons. The molecule has 0 unspecified atom stereocenters. The van der Waals surface area contributed by atoms with Crippen LogP contribution < -0.4 is 19.5 Å². The molecule has 0 aliphatic heterocycles. The molecular formula is C21H20Cl2N2O4. The molecule has 0 fully saturated rings. The highest BCUT2D eigenvalue weighted by Crippen LogP contribution is 2.36. The first-order chi connectivity index (χ1) is 13.8. The van der Waals surface area contributed by atoms with Crippen LogP contribution in [0.5, 0.6) is 17.2 Å². The van der Waals surface area contributed by atoms with E-state index in [1.807, 2.05) is 19.9 Å². The zero-order valence-electron chi connectivity index (χ0n) is 16.4. The fourth-order valence-corrected chi connectivity index (χ4v) is 2.88. The van der Waals surface area contributed by atoms with Gasteiger partial charge in [0.2, 0.25) is 0 Å². The van der Waals surface area contributed by atoms with Crippen molar-refractivity contribution in [3.05, 3.63) is 51.5 Å². The second kappa shape index (κ2) is 10.1. The quantitative estimate of drug-likeness (QED) is 0.469. The molecule has 0 atom stereocenters. The maximum Gasteiger partial charge on any atom is 0.266 e. The Bertz CT molecular complexity index is 981. The van der Waals surface area contributed by atoms with Gasteiger partial charge >= 0.3 is 0 Å². The van der Waals surface area contributed by atoms with Crippen molar-refractivity contribution >= 4 is 40.9 Å². The number of carbonyl (C=O) groups is 1. The topological polar surface area (TPSA) is 80.6 Å². The number of amides is 1. The number of nitriles is 1. The lowest BCUT2D eigenvalue weighted by molar-refractivity contribution is -0.112. The monoisotopic (exact) mass is 434 g/mol. The van der Waals surface area contributed by atoms with E-state index >= 15 is 0 Å². The Hall–Kier alpha value is -2.88. The van der Waals surface area contributed by atoms with Crippen LogP contribution in [0.3, 0.4) is 0 Å². The van der Waals surface area contributed by atoms with E-state index in [2.05, 4.69) is 5.32 Å². The number of rotatable bonds is 7. The molecule has 2 rings (SSSR count). The summed E-state index contributed by atoms with van der Waals surface area (Å²) in [6, 6.07) is 9.94. The van der Waals surface area contributed by atoms with Crippen molar-refractivity contribution in [3.8, 4) is 23.3 Å². The standard InChI is InChI=1S/C21H20Cl2N2O4/c1-12(2)29-18-6-5-13(8-15(18)22)7-14(11-24)21(26)25-17-10-19(27-3)16(23)9-20(17)28-4/h5-10,12H,1-4H3,(H,25,26)/b14-7+. The predicted octanol–water partition coefficient (Wildman–Crippen LogP) is 5.34. The van der Waals surface area contributed by atoms with E-state index in [0.717, 1.165) is 0 Å². The lowest BCUT2D eigenvalue weighted by Gasteiger charge is -2.13. The van der Waals surface area contributed by atoms with Gasteiger partial charge in [-0.15, -0.1) is 0 Å². The Morgan fingerprint density at radius 2 is 1.72 bits per heavy atom. The number of nitrogens with one attached hydrogen (secondary N) is 1. The molecule has 0 saturated heterocycles. The maximum absolute atomic E-state index is 12.6. The average Bonchev–Trinajstić information content (AvgIpc) is 2.68. The third-order valence-corrected chi connectivity index (χ3v) is 4.31. The smallest absolute Gasteiger partial charge is 0.266 e. The summed E-state index contributed by atoms with van der Waals surface area (Å²) >= 11 is 12.3. The van der Waals surface area contributed by atoms with Crippen LogP contribution in [0.1, 0.15) is 19.4 Å². The number of hydrogen-bond donors (Lipinski definition) is 1. The Balaban J connectivity index is 2.30. The molecule has 1 N–H and O–H groups in total. The minimum atomic E-state index is -0.617. The number of carbonyl (C=O) groups excluding carboxylic acids is 1. The molecule has 1 amide bonds. The van der Waals surface area contributed by atoms with Crippen LogP contribution in [0.2, 0.25) is 10.0 Å². The molecule has 0 aliphatic rings. The number of methoxy groups -OCH3 is 2. The van der Waals surface area contributed by atoms with Crippen LogP contribution in [-0.2, 0) is 4.79 Å². The van der Waals surface area contributed by atoms with Gasteiger partial charge in [0, 0.05) is 12.1 Å². The van der Waals surface area contributed by atoms with Crippen LogP contribution in [0.15, 0.2) is 35.9 Å². The third kappa shape index (κ3) is 5.80. The number of hydrogen-bond acceptors (Lipinski definition) is 5. The fourth-order valence-electron chi connectivity index (χ4n) is 2.42. The highest BCUT2D eigenvalue weighted by molar-refractivity contribution is 6.32. The first kappa shape index (κ1) is 22.4. The molecule has 0 radical (unpaired) electrons. The zero-order chi connectivity index (χ0) is 21.6. The molecule has 6 nitrogen and oxygen atoms in total. The first-order valence-electron chi connectivity index (χ1n) is 8.60. The molecule has 0 aliphatic carbocycles. The molecule has 0 saturated carbocycles. The second-order valence-corrected chi connectivity index (χ2v) is 6.98. The van der Waals surface area contributed by atoms with Gasteiger partial charge in [-0.1, -0.05) is 29.3 Å². The van der Waals surface area contributed by atoms with Gasteiger partial charge in [-0.05, 0) is 37.6 Å². The third-order valence-electron chi connectivity index (χ3n) is 3.72. The molecule has 29 heavy (non-hydrogen) atoms. The summed E-state index contributed by atoms with van der Waals surface area (Å²) in [4.78, 5) is 12.6. The number of anilines is 1. The SMILES string of the molecule is COc1cc(NC(=O)/C(C#N)=C/c2ccc(OC(C)C)c(Cl)c2)c(OC)cc1Cl. The number of nitrogens with zero attached hydrogens (tertiary/aromatic N) is 1. The van der Waals surface area contributed by atoms with E-state index in [4.69, 9.17) is 37.4 Å². The van der Waals surface area contributed by atoms with E-state index in [0.29, 0.717) is 38.5 Å². The molecule has 0 heterocycles. The van der Waals surface area contributed by atoms with Crippen molar-refractivity contribution < 1.29 is 19.0 Å². The van der Waals surface area contributed by atoms with E-state index in [9.17, 15) is 10.1 Å². The van der Waals surface area contributed by atoms with E-state index < -0.39 is 5.91 Å². The Morgan fingerprint density at radius 3 is 2.28 bits per heavy atom. The first-order valence-corrected chi connectivity index (χ1v) is 9.35. The van der Waals surface area contributed by atoms with Gasteiger partial charge in [0.15, 0.2) is 0 Å². The highest BCUT2D eigenvalue weighted by atomic mass is 35.5. The Labute approximate surface area is 179 Å². The van der Waals surface area contributed by atoms with Gasteiger partial charge in [0.05, 0.1) is 36.1 Å². The molecule has 2 aromatic carbocycles. The number of halogens is 2. The molecule has 0 spiro atoms.